The van der Waals surface area contributed by atoms with Crippen molar-refractivity contribution in [3.8, 4) is 28.9 Å². The fourth-order valence-corrected chi connectivity index (χ4v) is 3.34. The van der Waals surface area contributed by atoms with Gasteiger partial charge in [-0.1, -0.05) is 42.2 Å². The van der Waals surface area contributed by atoms with E-state index >= 15 is 0 Å². The van der Waals surface area contributed by atoms with E-state index in [1.807, 2.05) is 30.3 Å². The molecule has 1 N–H and O–H groups in total. The lowest BCUT2D eigenvalue weighted by Crippen LogP contribution is -2.32. The van der Waals surface area contributed by atoms with Crippen LogP contribution in [-0.4, -0.2) is 34.5 Å². The topological polar surface area (TPSA) is 80.0 Å². The maximum absolute atomic E-state index is 13.4. The first-order valence-corrected chi connectivity index (χ1v) is 10.8. The van der Waals surface area contributed by atoms with Crippen LogP contribution in [0.3, 0.4) is 0 Å². The number of amides is 1. The molecular formula is C27H25NO5. The molecule has 33 heavy (non-hydrogen) atoms. The van der Waals surface area contributed by atoms with E-state index < -0.39 is 12.5 Å². The number of carboxylic acids is 1. The Morgan fingerprint density at radius 1 is 1.09 bits per heavy atom. The Bertz CT molecular complexity index is 1190. The molecule has 0 radical (unpaired) electrons. The predicted octanol–water partition coefficient (Wildman–Crippen LogP) is 5.00. The molecule has 168 valence electrons. The van der Waals surface area contributed by atoms with E-state index in [9.17, 15) is 9.59 Å². The van der Waals surface area contributed by atoms with Crippen LogP contribution in [0.1, 0.15) is 43.0 Å². The molecule has 0 aliphatic heterocycles. The van der Waals surface area contributed by atoms with Crippen LogP contribution in [0, 0.1) is 11.8 Å². The number of hydrogen-bond donors (Lipinski definition) is 1. The molecule has 2 aromatic carbocycles. The van der Waals surface area contributed by atoms with Crippen molar-refractivity contribution in [2.45, 2.75) is 38.2 Å². The summed E-state index contributed by atoms with van der Waals surface area (Å²) in [6.07, 6.45) is 3.58. The highest BCUT2D eigenvalue weighted by Gasteiger charge is 2.33. The van der Waals surface area contributed by atoms with Crippen LogP contribution in [0.2, 0.25) is 0 Å². The molecule has 4 rings (SSSR count). The molecule has 1 aliphatic rings. The van der Waals surface area contributed by atoms with Gasteiger partial charge in [-0.05, 0) is 43.2 Å². The molecule has 1 amide bonds. The normalized spacial score (nSPS) is 13.9. The maximum atomic E-state index is 13.4. The fraction of sp³-hybridized carbons (Fsp3) is 0.259. The Balaban J connectivity index is 1.48. The number of rotatable bonds is 9. The lowest BCUT2D eigenvalue weighted by atomic mass is 10.1. The molecule has 0 bridgehead atoms. The van der Waals surface area contributed by atoms with Crippen molar-refractivity contribution < 1.29 is 25.2 Å². The third-order valence-electron chi connectivity index (χ3n) is 5.20. The minimum atomic E-state index is -0.930. The van der Waals surface area contributed by atoms with Gasteiger partial charge in [0.15, 0.2) is 0 Å². The molecule has 1 atom stereocenters. The number of carbonyl (C=O) groups is 2. The lowest BCUT2D eigenvalue weighted by Gasteiger charge is -2.24. The van der Waals surface area contributed by atoms with Gasteiger partial charge >= 0.3 is 5.97 Å². The van der Waals surface area contributed by atoms with Crippen molar-refractivity contribution in [2.24, 2.45) is 0 Å². The molecule has 3 aromatic rings. The van der Waals surface area contributed by atoms with Crippen molar-refractivity contribution in [2.75, 3.05) is 6.61 Å². The fourth-order valence-electron chi connectivity index (χ4n) is 3.34. The smallest absolute Gasteiger partial charge is 0.304 e. The zero-order chi connectivity index (χ0) is 23.9. The van der Waals surface area contributed by atoms with E-state index in [2.05, 4.69) is 11.8 Å². The van der Waals surface area contributed by atoms with E-state index in [0.29, 0.717) is 16.9 Å². The lowest BCUT2D eigenvalue weighted by molar-refractivity contribution is -0.136. The van der Waals surface area contributed by atoms with Crippen molar-refractivity contribution in [1.29, 1.82) is 0 Å². The third kappa shape index (κ3) is 6.05. The van der Waals surface area contributed by atoms with Crippen LogP contribution >= 0.6 is 0 Å². The molecule has 0 saturated heterocycles. The standard InChI is InChI=1S/C27H25NO5/c29-26(30)10-2-1-5-17-32-25-8-4-3-7-22(25)19-28(23-15-16-23)27(31)21-13-11-20(12-14-21)24-9-6-18-33-24/h3-4,6-9,11-14,18,23H,2,10,15-17,19H2,(H,29,30)/i19D. The summed E-state index contributed by atoms with van der Waals surface area (Å²) in [6.45, 7) is -0.851. The van der Waals surface area contributed by atoms with Gasteiger partial charge in [0, 0.05) is 35.7 Å². The quantitative estimate of drug-likeness (QED) is 0.470. The van der Waals surface area contributed by atoms with Crippen molar-refractivity contribution in [3.05, 3.63) is 78.1 Å². The molecule has 1 saturated carbocycles. The first-order valence-electron chi connectivity index (χ1n) is 11.4. The van der Waals surface area contributed by atoms with Crippen LogP contribution in [0.25, 0.3) is 11.3 Å². The minimum absolute atomic E-state index is 0.0146. The Hall–Kier alpha value is -3.98. The first kappa shape index (κ1) is 20.9. The van der Waals surface area contributed by atoms with Crippen molar-refractivity contribution in [3.63, 3.8) is 0 Å². The summed E-state index contributed by atoms with van der Waals surface area (Å²) in [7, 11) is 0. The largest absolute Gasteiger partial charge is 0.481 e. The minimum Gasteiger partial charge on any atom is -0.481 e. The average Bonchev–Trinajstić information content (AvgIpc) is 3.52. The van der Waals surface area contributed by atoms with Gasteiger partial charge in [-0.3, -0.25) is 9.59 Å². The average molecular weight is 445 g/mol. The SMILES string of the molecule is [2H]C(c1ccccc1OCC#CCCC(=O)O)N(C(=O)c1ccc(-c2ccco2)cc1)C1CC1. The third-order valence-corrected chi connectivity index (χ3v) is 5.20. The molecule has 1 heterocycles. The van der Waals surface area contributed by atoms with Crippen LogP contribution in [-0.2, 0) is 11.3 Å². The van der Waals surface area contributed by atoms with E-state index in [0.717, 1.165) is 24.2 Å². The van der Waals surface area contributed by atoms with Gasteiger partial charge in [0.2, 0.25) is 0 Å². The molecule has 1 unspecified atom stereocenters. The van der Waals surface area contributed by atoms with Crippen molar-refractivity contribution in [1.82, 2.24) is 4.90 Å². The molecule has 6 heteroatoms. The van der Waals surface area contributed by atoms with Gasteiger partial charge in [0.05, 0.1) is 14.1 Å². The Kier molecular flexibility index (Phi) is 6.69. The molecule has 0 spiro atoms. The van der Waals surface area contributed by atoms with Gasteiger partial charge in [-0.2, -0.15) is 0 Å². The second kappa shape index (κ2) is 10.6. The van der Waals surface area contributed by atoms with Crippen LogP contribution < -0.4 is 4.74 Å². The number of benzene rings is 2. The van der Waals surface area contributed by atoms with E-state index in [-0.39, 0.29) is 31.4 Å². The Morgan fingerprint density at radius 3 is 2.58 bits per heavy atom. The summed E-state index contributed by atoms with van der Waals surface area (Å²) in [5, 5.41) is 8.67. The molecule has 1 fully saturated rings. The zero-order valence-corrected chi connectivity index (χ0v) is 18.1. The van der Waals surface area contributed by atoms with E-state index in [4.69, 9.17) is 15.6 Å². The first-order chi connectivity index (χ1) is 16.5. The maximum Gasteiger partial charge on any atom is 0.304 e. The Morgan fingerprint density at radius 2 is 1.88 bits per heavy atom. The summed E-state index contributed by atoms with van der Waals surface area (Å²) in [4.78, 5) is 25.6. The summed E-state index contributed by atoms with van der Waals surface area (Å²) >= 11 is 0. The second-order valence-corrected chi connectivity index (χ2v) is 7.70. The number of hydrogen-bond acceptors (Lipinski definition) is 4. The summed E-state index contributed by atoms with van der Waals surface area (Å²) in [6, 6.07) is 18.1. The Labute approximate surface area is 194 Å². The highest BCUT2D eigenvalue weighted by molar-refractivity contribution is 5.95. The molecule has 1 aromatic heterocycles. The number of furan rings is 1. The van der Waals surface area contributed by atoms with E-state index in [1.165, 1.54) is 0 Å². The predicted molar refractivity (Wildman–Crippen MR) is 124 cm³/mol. The summed E-state index contributed by atoms with van der Waals surface area (Å²) < 4.78 is 20.1. The number of para-hydroxylation sites is 1. The monoisotopic (exact) mass is 444 g/mol. The highest BCUT2D eigenvalue weighted by Crippen LogP contribution is 2.32. The van der Waals surface area contributed by atoms with Gasteiger partial charge < -0.3 is 19.2 Å². The molecular weight excluding hydrogens is 418 g/mol. The van der Waals surface area contributed by atoms with Crippen LogP contribution in [0.15, 0.2) is 71.3 Å². The number of aliphatic carboxylic acids is 1. The van der Waals surface area contributed by atoms with Gasteiger partial charge in [0.25, 0.3) is 5.91 Å². The van der Waals surface area contributed by atoms with Crippen LogP contribution in [0.4, 0.5) is 0 Å². The molecule has 6 nitrogen and oxygen atoms in total. The number of nitrogens with zero attached hydrogens (tertiary/aromatic N) is 1. The van der Waals surface area contributed by atoms with Gasteiger partial charge in [-0.25, -0.2) is 0 Å². The number of carboxylic acid groups (broad SMARTS) is 1. The van der Waals surface area contributed by atoms with E-state index in [1.54, 1.807) is 41.5 Å². The highest BCUT2D eigenvalue weighted by atomic mass is 16.5. The second-order valence-electron chi connectivity index (χ2n) is 7.70. The summed E-state index contributed by atoms with van der Waals surface area (Å²) in [5.41, 5.74) is 1.98. The van der Waals surface area contributed by atoms with Gasteiger partial charge in [-0.15, -0.1) is 0 Å². The number of ether oxygens (including phenoxy) is 1. The van der Waals surface area contributed by atoms with Gasteiger partial charge in [0.1, 0.15) is 18.1 Å². The summed E-state index contributed by atoms with van der Waals surface area (Å²) in [5.74, 6) is 5.70. The van der Waals surface area contributed by atoms with Crippen molar-refractivity contribution >= 4 is 11.9 Å². The van der Waals surface area contributed by atoms with Crippen LogP contribution in [0.5, 0.6) is 5.75 Å². The number of carbonyl (C=O) groups excluding carboxylic acids is 1. The molecule has 1 aliphatic carbocycles. The zero-order valence-electron chi connectivity index (χ0n) is 19.1.